The Morgan fingerprint density at radius 3 is 2.48 bits per heavy atom. The Morgan fingerprint density at radius 2 is 1.95 bits per heavy atom. The molecule has 2 atom stereocenters. The average Bonchev–Trinajstić information content (AvgIpc) is 2.80. The first kappa shape index (κ1) is 16.2. The smallest absolute Gasteiger partial charge is 0.128 e. The van der Waals surface area contributed by atoms with Gasteiger partial charge >= 0.3 is 0 Å². The highest BCUT2D eigenvalue weighted by Gasteiger charge is 2.37. The van der Waals surface area contributed by atoms with Crippen molar-refractivity contribution in [2.45, 2.75) is 65.0 Å². The van der Waals surface area contributed by atoms with E-state index in [1.54, 1.807) is 7.11 Å². The molecule has 0 fully saturated rings. The Hall–Kier alpha value is -1.22. The number of ether oxygens (including phenoxy) is 2. The minimum absolute atomic E-state index is 0.0383. The number of benzene rings is 1. The van der Waals surface area contributed by atoms with Crippen LogP contribution in [0.15, 0.2) is 12.1 Å². The highest BCUT2D eigenvalue weighted by molar-refractivity contribution is 5.54. The molecular weight excluding hydrogens is 262 g/mol. The van der Waals surface area contributed by atoms with E-state index in [4.69, 9.17) is 9.47 Å². The molecule has 21 heavy (non-hydrogen) atoms. The lowest BCUT2D eigenvalue weighted by molar-refractivity contribution is 0.182. The van der Waals surface area contributed by atoms with Crippen LogP contribution >= 0.6 is 0 Å². The molecule has 3 nitrogen and oxygen atoms in total. The van der Waals surface area contributed by atoms with Crippen LogP contribution in [0, 0.1) is 0 Å². The van der Waals surface area contributed by atoms with E-state index in [2.05, 4.69) is 52.1 Å². The molecule has 0 saturated heterocycles. The van der Waals surface area contributed by atoms with Crippen LogP contribution in [0.4, 0.5) is 0 Å². The van der Waals surface area contributed by atoms with Crippen molar-refractivity contribution in [2.24, 2.45) is 0 Å². The van der Waals surface area contributed by atoms with Gasteiger partial charge in [-0.25, -0.2) is 0 Å². The molecule has 0 aromatic heterocycles. The Kier molecular flexibility index (Phi) is 4.82. The average molecular weight is 291 g/mol. The van der Waals surface area contributed by atoms with Crippen molar-refractivity contribution in [3.63, 3.8) is 0 Å². The van der Waals surface area contributed by atoms with Crippen molar-refractivity contribution in [3.8, 4) is 11.5 Å². The van der Waals surface area contributed by atoms with E-state index in [-0.39, 0.29) is 17.6 Å². The van der Waals surface area contributed by atoms with Gasteiger partial charge in [-0.1, -0.05) is 34.6 Å². The van der Waals surface area contributed by atoms with Gasteiger partial charge in [0.1, 0.15) is 17.6 Å². The number of nitrogens with one attached hydrogen (secondary N) is 1. The number of methoxy groups -OCH3 is 1. The Bertz CT molecular complexity index is 491. The van der Waals surface area contributed by atoms with Gasteiger partial charge in [0.25, 0.3) is 0 Å². The van der Waals surface area contributed by atoms with Crippen molar-refractivity contribution < 1.29 is 9.47 Å². The van der Waals surface area contributed by atoms with Crippen molar-refractivity contribution in [3.05, 3.63) is 23.3 Å². The molecule has 0 saturated carbocycles. The van der Waals surface area contributed by atoms with E-state index in [0.717, 1.165) is 30.9 Å². The summed E-state index contributed by atoms with van der Waals surface area (Å²) in [6.07, 6.45) is 2.33. The van der Waals surface area contributed by atoms with Gasteiger partial charge in [0.05, 0.1) is 13.2 Å². The van der Waals surface area contributed by atoms with Gasteiger partial charge in [-0.2, -0.15) is 0 Å². The van der Waals surface area contributed by atoms with Gasteiger partial charge in [0.2, 0.25) is 0 Å². The molecule has 1 aliphatic heterocycles. The first-order chi connectivity index (χ1) is 9.92. The predicted molar refractivity (Wildman–Crippen MR) is 87.4 cm³/mol. The Morgan fingerprint density at radius 1 is 1.24 bits per heavy atom. The fourth-order valence-electron chi connectivity index (χ4n) is 2.94. The normalized spacial score (nSPS) is 21.0. The molecule has 1 aromatic rings. The van der Waals surface area contributed by atoms with Crippen molar-refractivity contribution >= 4 is 0 Å². The topological polar surface area (TPSA) is 30.5 Å². The molecule has 1 heterocycles. The summed E-state index contributed by atoms with van der Waals surface area (Å²) in [5, 5.41) is 3.64. The van der Waals surface area contributed by atoms with Crippen LogP contribution in [0.25, 0.3) is 0 Å². The quantitative estimate of drug-likeness (QED) is 0.881. The van der Waals surface area contributed by atoms with Gasteiger partial charge in [-0.15, -0.1) is 0 Å². The second-order valence-corrected chi connectivity index (χ2v) is 6.84. The van der Waals surface area contributed by atoms with Crippen LogP contribution in [0.5, 0.6) is 11.5 Å². The summed E-state index contributed by atoms with van der Waals surface area (Å²) < 4.78 is 11.8. The zero-order chi connectivity index (χ0) is 15.6. The van der Waals surface area contributed by atoms with E-state index >= 15 is 0 Å². The summed E-state index contributed by atoms with van der Waals surface area (Å²) in [4.78, 5) is 0. The van der Waals surface area contributed by atoms with Crippen molar-refractivity contribution in [1.29, 1.82) is 0 Å². The second-order valence-electron chi connectivity index (χ2n) is 6.84. The Labute approximate surface area is 129 Å². The molecule has 118 valence electrons. The fourth-order valence-corrected chi connectivity index (χ4v) is 2.94. The second kappa shape index (κ2) is 6.27. The molecule has 2 rings (SSSR count). The summed E-state index contributed by atoms with van der Waals surface area (Å²) in [6.45, 7) is 12.0. The largest absolute Gasteiger partial charge is 0.497 e. The third-order valence-electron chi connectivity index (χ3n) is 4.13. The minimum atomic E-state index is 0.0383. The zero-order valence-corrected chi connectivity index (χ0v) is 14.2. The number of hydrogen-bond acceptors (Lipinski definition) is 3. The lowest BCUT2D eigenvalue weighted by Crippen LogP contribution is -2.31. The summed E-state index contributed by atoms with van der Waals surface area (Å²) in [5.74, 6) is 1.98. The van der Waals surface area contributed by atoms with Crippen molar-refractivity contribution in [1.82, 2.24) is 5.32 Å². The lowest BCUT2D eigenvalue weighted by atomic mass is 9.84. The first-order valence-corrected chi connectivity index (χ1v) is 8.04. The molecule has 0 amide bonds. The fraction of sp³-hybridized carbons (Fsp3) is 0.667. The third kappa shape index (κ3) is 3.18. The van der Waals surface area contributed by atoms with E-state index in [1.165, 1.54) is 11.1 Å². The van der Waals surface area contributed by atoms with Crippen LogP contribution in [-0.2, 0) is 5.41 Å². The van der Waals surface area contributed by atoms with Crippen molar-refractivity contribution in [2.75, 3.05) is 13.7 Å². The minimum Gasteiger partial charge on any atom is -0.497 e. The Balaban J connectivity index is 2.49. The molecule has 1 aliphatic rings. The summed E-state index contributed by atoms with van der Waals surface area (Å²) in [6, 6.07) is 4.52. The van der Waals surface area contributed by atoms with E-state index in [9.17, 15) is 0 Å². The molecule has 0 bridgehead atoms. The summed E-state index contributed by atoms with van der Waals surface area (Å²) in [7, 11) is 1.73. The molecule has 1 N–H and O–H groups in total. The van der Waals surface area contributed by atoms with Crippen LogP contribution in [0.1, 0.15) is 64.6 Å². The molecule has 1 aromatic carbocycles. The molecule has 0 aliphatic carbocycles. The van der Waals surface area contributed by atoms with Crippen LogP contribution < -0.4 is 14.8 Å². The number of fused-ring (bicyclic) bond motifs is 1. The molecule has 0 spiro atoms. The maximum absolute atomic E-state index is 6.30. The van der Waals surface area contributed by atoms with E-state index < -0.39 is 0 Å². The van der Waals surface area contributed by atoms with Crippen LogP contribution in [0.2, 0.25) is 0 Å². The zero-order valence-electron chi connectivity index (χ0n) is 14.2. The number of hydrogen-bond donors (Lipinski definition) is 1. The molecule has 3 heteroatoms. The summed E-state index contributed by atoms with van der Waals surface area (Å²) in [5.41, 5.74) is 2.52. The van der Waals surface area contributed by atoms with Gasteiger partial charge in [0, 0.05) is 11.1 Å². The molecule has 0 radical (unpaired) electrons. The molecular formula is C18H29NO2. The highest BCUT2D eigenvalue weighted by atomic mass is 16.5. The molecule has 2 unspecified atom stereocenters. The predicted octanol–water partition coefficient (Wildman–Crippen LogP) is 4.20. The highest BCUT2D eigenvalue weighted by Crippen LogP contribution is 2.46. The monoisotopic (exact) mass is 291 g/mol. The van der Waals surface area contributed by atoms with Gasteiger partial charge in [-0.3, -0.25) is 0 Å². The first-order valence-electron chi connectivity index (χ1n) is 8.04. The standard InChI is InChI=1S/C18H29NO2/c1-7-9-19-16-13-10-12(20-6)11-14(18(3,4)5)17(13)21-15(16)8-2/h10-11,15-16,19H,7-9H2,1-6H3. The van der Waals surface area contributed by atoms with Crippen LogP contribution in [0.3, 0.4) is 0 Å². The van der Waals surface area contributed by atoms with E-state index in [1.807, 2.05) is 0 Å². The lowest BCUT2D eigenvalue weighted by Gasteiger charge is -2.23. The summed E-state index contributed by atoms with van der Waals surface area (Å²) >= 11 is 0. The van der Waals surface area contributed by atoms with Gasteiger partial charge in [-0.05, 0) is 36.9 Å². The van der Waals surface area contributed by atoms with Crippen LogP contribution in [-0.4, -0.2) is 19.8 Å². The SMILES string of the molecule is CCCNC1c2cc(OC)cc(C(C)(C)C)c2OC1CC. The number of rotatable bonds is 5. The van der Waals surface area contributed by atoms with E-state index in [0.29, 0.717) is 0 Å². The van der Waals surface area contributed by atoms with Gasteiger partial charge < -0.3 is 14.8 Å². The third-order valence-corrected chi connectivity index (χ3v) is 4.13. The maximum Gasteiger partial charge on any atom is 0.128 e. The van der Waals surface area contributed by atoms with Gasteiger partial charge in [0.15, 0.2) is 0 Å². The maximum atomic E-state index is 6.30.